The SMILES string of the molecule is CN1c2cccc3c(C4=C([O-])C(=c5ccc6c7c(cccc57)N(C)C(C)(CCCCCC(=O)ON5C(=O)CCC5=O)[N+]=6C)C4=O)ccc(c23)N(C)C1(C)CCCCCC(=O)ON1C(=O)CCC1=O. The third-order valence-electron chi connectivity index (χ3n) is 15.2. The topological polar surface area (TPSA) is 180 Å². The van der Waals surface area contributed by atoms with Gasteiger partial charge in [-0.15, -0.1) is 10.1 Å². The summed E-state index contributed by atoms with van der Waals surface area (Å²) < 4.78 is 2.23. The van der Waals surface area contributed by atoms with Gasteiger partial charge in [-0.2, -0.15) is 0 Å². The van der Waals surface area contributed by atoms with Gasteiger partial charge in [0.1, 0.15) is 12.7 Å². The first-order valence-corrected chi connectivity index (χ1v) is 23.5. The molecule has 16 heteroatoms. The number of allylic oxidation sites excluding steroid dienone is 2. The zero-order valence-corrected chi connectivity index (χ0v) is 39.4. The molecule has 4 aromatic rings. The minimum absolute atomic E-state index is 0.0548. The van der Waals surface area contributed by atoms with Gasteiger partial charge in [0, 0.05) is 107 Å². The largest absolute Gasteiger partial charge is 0.871 e. The van der Waals surface area contributed by atoms with Crippen molar-refractivity contribution >= 4 is 91.1 Å². The molecule has 0 radical (unpaired) electrons. The highest BCUT2D eigenvalue weighted by Crippen LogP contribution is 2.49. The maximum absolute atomic E-state index is 14.4. The van der Waals surface area contributed by atoms with Crippen molar-refractivity contribution < 1.29 is 48.3 Å². The number of nitrogens with zero attached hydrogens (tertiary/aromatic N) is 6. The van der Waals surface area contributed by atoms with Gasteiger partial charge in [0.05, 0.1) is 11.1 Å². The summed E-state index contributed by atoms with van der Waals surface area (Å²) in [7, 11) is 8.19. The number of rotatable bonds is 15. The minimum Gasteiger partial charge on any atom is -0.871 e. The van der Waals surface area contributed by atoms with Crippen LogP contribution in [-0.2, 0) is 43.2 Å². The standard InChI is InChI=1S/C52H56N6O10/c1-51(29-11-7-9-19-43(63)67-57-39(59)25-26-40(57)60)53(3)35-17-13-15-31-33(21-23-37(45(31)35)55(51)5)47-49(65)48(50(47)66)34-22-24-38-46-32(34)16-14-18-36(46)54(4)52(2,56(38)6)30-12-8-10-20-44(64)68-58-41(61)27-28-42(58)62/h13-18,21-24H,7-12,19-20,25-30H2,1-6H3. The molecule has 4 aliphatic heterocycles. The predicted molar refractivity (Wildman–Crippen MR) is 252 cm³/mol. The van der Waals surface area contributed by atoms with Gasteiger partial charge in [0.2, 0.25) is 11.0 Å². The number of imide groups is 2. The molecule has 0 bridgehead atoms. The fraction of sp³-hybridized carbons (Fsp3) is 0.423. The molecular formula is C52H56N6O10. The third kappa shape index (κ3) is 7.44. The van der Waals surface area contributed by atoms with Crippen molar-refractivity contribution in [2.45, 2.75) is 115 Å². The molecule has 354 valence electrons. The quantitative estimate of drug-likeness (QED) is 0.0925. The second-order valence-electron chi connectivity index (χ2n) is 19.0. The molecule has 5 aliphatic rings. The van der Waals surface area contributed by atoms with E-state index in [4.69, 9.17) is 9.68 Å². The predicted octanol–water partition coefficient (Wildman–Crippen LogP) is 4.50. The molecule has 4 aromatic carbocycles. The highest BCUT2D eigenvalue weighted by atomic mass is 16.7. The Morgan fingerprint density at radius 1 is 0.603 bits per heavy atom. The molecule has 2 fully saturated rings. The van der Waals surface area contributed by atoms with Gasteiger partial charge in [-0.05, 0) is 84.8 Å². The van der Waals surface area contributed by atoms with Crippen LogP contribution in [0.15, 0.2) is 66.4 Å². The number of hydrogen-bond acceptors (Lipinski definition) is 13. The Morgan fingerprint density at radius 2 is 1.12 bits per heavy atom. The molecule has 2 atom stereocenters. The van der Waals surface area contributed by atoms with Crippen LogP contribution in [0.1, 0.15) is 109 Å². The first-order chi connectivity index (χ1) is 32.5. The molecular weight excluding hydrogens is 869 g/mol. The molecule has 1 aliphatic carbocycles. The van der Waals surface area contributed by atoms with Crippen molar-refractivity contribution in [2.24, 2.45) is 0 Å². The summed E-state index contributed by atoms with van der Waals surface area (Å²) in [6, 6.07) is 19.7. The van der Waals surface area contributed by atoms with Crippen molar-refractivity contribution in [2.75, 3.05) is 42.9 Å². The Bertz CT molecular complexity index is 3000. The zero-order valence-electron chi connectivity index (χ0n) is 39.4. The van der Waals surface area contributed by atoms with E-state index >= 15 is 0 Å². The van der Waals surface area contributed by atoms with Crippen LogP contribution in [0.5, 0.6) is 0 Å². The van der Waals surface area contributed by atoms with Crippen LogP contribution in [0.25, 0.3) is 32.7 Å². The van der Waals surface area contributed by atoms with Crippen molar-refractivity contribution in [3.8, 4) is 0 Å². The van der Waals surface area contributed by atoms with Crippen LogP contribution < -0.4 is 35.0 Å². The lowest BCUT2D eigenvalue weighted by Crippen LogP contribution is -2.60. The molecule has 4 amide bonds. The lowest BCUT2D eigenvalue weighted by Gasteiger charge is -2.52. The first-order valence-electron chi connectivity index (χ1n) is 23.5. The van der Waals surface area contributed by atoms with Gasteiger partial charge in [-0.1, -0.05) is 48.9 Å². The minimum atomic E-state index is -0.597. The Labute approximate surface area is 393 Å². The average Bonchev–Trinajstić information content (AvgIpc) is 3.82. The number of benzene rings is 4. The van der Waals surface area contributed by atoms with Crippen LogP contribution in [0.3, 0.4) is 0 Å². The number of hydroxylamine groups is 4. The summed E-state index contributed by atoms with van der Waals surface area (Å²) in [6.07, 6.45) is 6.09. The maximum Gasteiger partial charge on any atom is 0.333 e. The molecule has 0 spiro atoms. The molecule has 0 N–H and O–H groups in total. The molecule has 0 saturated carbocycles. The number of amides is 4. The van der Waals surface area contributed by atoms with E-state index in [1.807, 2.05) is 76.7 Å². The van der Waals surface area contributed by atoms with E-state index < -0.39 is 46.9 Å². The highest BCUT2D eigenvalue weighted by Gasteiger charge is 2.44. The van der Waals surface area contributed by atoms with E-state index in [2.05, 4.69) is 45.3 Å². The molecule has 2 saturated heterocycles. The zero-order chi connectivity index (χ0) is 48.4. The average molecular weight is 925 g/mol. The number of ketones is 1. The lowest BCUT2D eigenvalue weighted by molar-refractivity contribution is -0.292. The number of hydrogen-bond donors (Lipinski definition) is 0. The van der Waals surface area contributed by atoms with Crippen LogP contribution in [0, 0.1) is 0 Å². The lowest BCUT2D eigenvalue weighted by atomic mass is 9.79. The number of anilines is 3. The van der Waals surface area contributed by atoms with Gasteiger partial charge >= 0.3 is 11.9 Å². The van der Waals surface area contributed by atoms with Crippen LogP contribution in [0.2, 0.25) is 0 Å². The smallest absolute Gasteiger partial charge is 0.333 e. The summed E-state index contributed by atoms with van der Waals surface area (Å²) in [6.45, 7) is 4.34. The normalized spacial score (nSPS) is 22.1. The monoisotopic (exact) mass is 924 g/mol. The Balaban J connectivity index is 0.926. The van der Waals surface area contributed by atoms with E-state index in [1.165, 1.54) is 0 Å². The summed E-state index contributed by atoms with van der Waals surface area (Å²) in [5.41, 5.74) is 3.00. The summed E-state index contributed by atoms with van der Waals surface area (Å²) in [4.78, 5) is 103. The summed E-state index contributed by atoms with van der Waals surface area (Å²) in [5, 5.41) is 20.7. The van der Waals surface area contributed by atoms with Crippen molar-refractivity contribution in [3.63, 3.8) is 0 Å². The molecule has 4 heterocycles. The van der Waals surface area contributed by atoms with Gasteiger partial charge in [0.15, 0.2) is 5.78 Å². The van der Waals surface area contributed by atoms with E-state index in [-0.39, 0.29) is 61.2 Å². The maximum atomic E-state index is 14.4. The number of carbonyl (C=O) groups excluding carboxylic acids is 7. The Hall–Kier alpha value is -7.10. The molecule has 68 heavy (non-hydrogen) atoms. The number of Topliss-reactive ketones (excluding diaryl/α,β-unsaturated/α-hetero) is 1. The first kappa shape index (κ1) is 46.0. The van der Waals surface area contributed by atoms with Crippen molar-refractivity contribution in [1.29, 1.82) is 0 Å². The van der Waals surface area contributed by atoms with Crippen molar-refractivity contribution in [3.05, 3.63) is 82.6 Å². The van der Waals surface area contributed by atoms with Crippen LogP contribution in [-0.4, -0.2) is 91.0 Å². The van der Waals surface area contributed by atoms with Crippen LogP contribution >= 0.6 is 0 Å². The second kappa shape index (κ2) is 17.5. The fourth-order valence-electron chi connectivity index (χ4n) is 10.8. The van der Waals surface area contributed by atoms with E-state index in [9.17, 15) is 38.7 Å². The molecule has 9 rings (SSSR count). The molecule has 0 aromatic heterocycles. The second-order valence-corrected chi connectivity index (χ2v) is 19.0. The number of unbranched alkanes of at least 4 members (excludes halogenated alkanes) is 4. The fourth-order valence-corrected chi connectivity index (χ4v) is 10.8. The number of carbonyl (C=O) groups is 7. The summed E-state index contributed by atoms with van der Waals surface area (Å²) >= 11 is 0. The molecule has 16 nitrogen and oxygen atoms in total. The molecule has 2 unspecified atom stereocenters. The van der Waals surface area contributed by atoms with Gasteiger partial charge < -0.3 is 29.5 Å². The van der Waals surface area contributed by atoms with Gasteiger partial charge in [-0.25, -0.2) is 14.2 Å². The van der Waals surface area contributed by atoms with Crippen molar-refractivity contribution in [1.82, 2.24) is 14.7 Å². The third-order valence-corrected chi connectivity index (χ3v) is 15.2. The highest BCUT2D eigenvalue weighted by molar-refractivity contribution is 6.52. The van der Waals surface area contributed by atoms with Crippen LogP contribution in [0.4, 0.5) is 17.1 Å². The Kier molecular flexibility index (Phi) is 11.9. The van der Waals surface area contributed by atoms with Gasteiger partial charge in [0.25, 0.3) is 23.6 Å². The van der Waals surface area contributed by atoms with Gasteiger partial charge in [-0.3, -0.25) is 24.0 Å². The summed E-state index contributed by atoms with van der Waals surface area (Å²) in [5.74, 6) is -3.74. The van der Waals surface area contributed by atoms with E-state index in [0.717, 1.165) is 82.5 Å². The van der Waals surface area contributed by atoms with E-state index in [1.54, 1.807) is 0 Å². The van der Waals surface area contributed by atoms with E-state index in [0.29, 0.717) is 33.8 Å². The Morgan fingerprint density at radius 3 is 1.68 bits per heavy atom.